The SMILES string of the molecule is CC(=O)c1c([C@@H]2CC(C)N(C(=O)CO)[C@@H](C)C2)nc2c(-c3ccc(-c4ccc(F)cc4F)nc3)cnn2c1N. The van der Waals surface area contributed by atoms with Gasteiger partial charge in [0.15, 0.2) is 11.4 Å². The Kier molecular flexibility index (Phi) is 6.85. The molecule has 9 nitrogen and oxygen atoms in total. The van der Waals surface area contributed by atoms with E-state index in [0.717, 1.165) is 6.07 Å². The molecule has 0 aliphatic carbocycles. The maximum absolute atomic E-state index is 14.3. The predicted octanol–water partition coefficient (Wildman–Crippen LogP) is 4.00. The van der Waals surface area contributed by atoms with Crippen LogP contribution < -0.4 is 5.73 Å². The Balaban J connectivity index is 1.57. The van der Waals surface area contributed by atoms with Crippen LogP contribution in [0, 0.1) is 11.6 Å². The number of benzene rings is 1. The lowest BCUT2D eigenvalue weighted by atomic mass is 9.82. The number of carbonyl (C=O) groups is 2. The first-order chi connectivity index (χ1) is 18.6. The summed E-state index contributed by atoms with van der Waals surface area (Å²) >= 11 is 0. The van der Waals surface area contributed by atoms with E-state index in [1.165, 1.54) is 23.6 Å². The maximum Gasteiger partial charge on any atom is 0.248 e. The molecule has 4 aromatic rings. The van der Waals surface area contributed by atoms with Gasteiger partial charge < -0.3 is 15.7 Å². The summed E-state index contributed by atoms with van der Waals surface area (Å²) in [6, 6.07) is 6.33. The summed E-state index contributed by atoms with van der Waals surface area (Å²) in [4.78, 5) is 35.9. The molecule has 3 atom stereocenters. The number of nitrogen functional groups attached to an aromatic ring is 1. The number of hydrogen-bond donors (Lipinski definition) is 2. The minimum absolute atomic E-state index is 0.159. The third-order valence-corrected chi connectivity index (χ3v) is 7.36. The molecule has 4 heterocycles. The third kappa shape index (κ3) is 4.63. The second-order valence-electron chi connectivity index (χ2n) is 9.99. The van der Waals surface area contributed by atoms with E-state index < -0.39 is 18.2 Å². The lowest BCUT2D eigenvalue weighted by molar-refractivity contribution is -0.140. The molecule has 0 radical (unpaired) electrons. The Labute approximate surface area is 223 Å². The number of rotatable bonds is 5. The fraction of sp³-hybridized carbons (Fsp3) is 0.321. The minimum Gasteiger partial charge on any atom is -0.387 e. The third-order valence-electron chi connectivity index (χ3n) is 7.36. The Morgan fingerprint density at radius 1 is 1.08 bits per heavy atom. The van der Waals surface area contributed by atoms with Crippen LogP contribution in [0.4, 0.5) is 14.6 Å². The number of aromatic nitrogens is 4. The van der Waals surface area contributed by atoms with Crippen molar-refractivity contribution in [3.05, 3.63) is 65.6 Å². The average molecular weight is 535 g/mol. The first kappa shape index (κ1) is 26.4. The molecular weight excluding hydrogens is 506 g/mol. The van der Waals surface area contributed by atoms with E-state index in [-0.39, 0.29) is 41.1 Å². The number of pyridine rings is 1. The molecule has 1 aliphatic rings. The molecule has 3 N–H and O–H groups in total. The van der Waals surface area contributed by atoms with E-state index >= 15 is 0 Å². The number of amides is 1. The maximum atomic E-state index is 14.3. The Morgan fingerprint density at radius 3 is 2.38 bits per heavy atom. The summed E-state index contributed by atoms with van der Waals surface area (Å²) in [5.74, 6) is -1.95. The lowest BCUT2D eigenvalue weighted by Gasteiger charge is -2.42. The number of Topliss-reactive ketones (excluding diaryl/α,β-unsaturated/α-hetero) is 1. The van der Waals surface area contributed by atoms with Crippen molar-refractivity contribution < 1.29 is 23.5 Å². The number of anilines is 1. The Morgan fingerprint density at radius 2 is 1.79 bits per heavy atom. The molecule has 3 aromatic heterocycles. The quantitative estimate of drug-likeness (QED) is 0.371. The van der Waals surface area contributed by atoms with Crippen molar-refractivity contribution in [3.8, 4) is 22.4 Å². The number of nitrogens with two attached hydrogens (primary N) is 1. The molecule has 1 unspecified atom stereocenters. The van der Waals surface area contributed by atoms with Crippen LogP contribution >= 0.6 is 0 Å². The topological polar surface area (TPSA) is 127 Å². The van der Waals surface area contributed by atoms with Crippen molar-refractivity contribution in [2.75, 3.05) is 12.3 Å². The number of piperidine rings is 1. The molecule has 1 fully saturated rings. The fourth-order valence-corrected chi connectivity index (χ4v) is 5.68. The second kappa shape index (κ2) is 10.1. The molecule has 11 heteroatoms. The number of aliphatic hydroxyl groups excluding tert-OH is 1. The van der Waals surface area contributed by atoms with Gasteiger partial charge in [0.1, 0.15) is 24.1 Å². The number of fused-ring (bicyclic) bond motifs is 1. The largest absolute Gasteiger partial charge is 0.387 e. The fourth-order valence-electron chi connectivity index (χ4n) is 5.68. The zero-order chi connectivity index (χ0) is 28.0. The smallest absolute Gasteiger partial charge is 0.248 e. The molecule has 1 saturated heterocycles. The first-order valence-corrected chi connectivity index (χ1v) is 12.6. The van der Waals surface area contributed by atoms with Gasteiger partial charge in [-0.05, 0) is 51.8 Å². The Bertz CT molecular complexity index is 1570. The normalized spacial score (nSPS) is 19.4. The van der Waals surface area contributed by atoms with Crippen LogP contribution in [0.15, 0.2) is 42.7 Å². The van der Waals surface area contributed by atoms with Gasteiger partial charge in [0.05, 0.1) is 23.1 Å². The number of aliphatic hydroxyl groups is 1. The van der Waals surface area contributed by atoms with Gasteiger partial charge in [0, 0.05) is 47.0 Å². The van der Waals surface area contributed by atoms with Crippen molar-refractivity contribution >= 4 is 23.2 Å². The molecule has 39 heavy (non-hydrogen) atoms. The van der Waals surface area contributed by atoms with Gasteiger partial charge >= 0.3 is 0 Å². The number of hydrogen-bond acceptors (Lipinski definition) is 7. The molecule has 0 bridgehead atoms. The highest BCUT2D eigenvalue weighted by Gasteiger charge is 2.37. The van der Waals surface area contributed by atoms with Crippen LogP contribution in [0.1, 0.15) is 55.6 Å². The van der Waals surface area contributed by atoms with Crippen molar-refractivity contribution in [3.63, 3.8) is 0 Å². The van der Waals surface area contributed by atoms with Crippen molar-refractivity contribution in [2.45, 2.75) is 51.6 Å². The number of likely N-dealkylation sites (tertiary alicyclic amines) is 1. The first-order valence-electron chi connectivity index (χ1n) is 12.6. The highest BCUT2D eigenvalue weighted by molar-refractivity contribution is 6.00. The van der Waals surface area contributed by atoms with E-state index in [1.807, 2.05) is 13.8 Å². The summed E-state index contributed by atoms with van der Waals surface area (Å²) in [5.41, 5.74) is 9.52. The second-order valence-corrected chi connectivity index (χ2v) is 9.99. The molecule has 0 saturated carbocycles. The van der Waals surface area contributed by atoms with Crippen LogP contribution in [0.25, 0.3) is 28.0 Å². The van der Waals surface area contributed by atoms with Gasteiger partial charge in [-0.15, -0.1) is 0 Å². The van der Waals surface area contributed by atoms with Gasteiger partial charge in [-0.25, -0.2) is 13.8 Å². The molecule has 5 rings (SSSR count). The number of nitrogens with zero attached hydrogens (tertiary/aromatic N) is 5. The van der Waals surface area contributed by atoms with Crippen molar-refractivity contribution in [1.29, 1.82) is 0 Å². The summed E-state index contributed by atoms with van der Waals surface area (Å²) in [6.07, 6.45) is 4.22. The lowest BCUT2D eigenvalue weighted by Crippen LogP contribution is -2.50. The van der Waals surface area contributed by atoms with Crippen LogP contribution in [0.2, 0.25) is 0 Å². The summed E-state index contributed by atoms with van der Waals surface area (Å²) in [7, 11) is 0. The van der Waals surface area contributed by atoms with Crippen LogP contribution in [-0.2, 0) is 4.79 Å². The molecule has 1 aliphatic heterocycles. The van der Waals surface area contributed by atoms with Crippen LogP contribution in [0.5, 0.6) is 0 Å². The summed E-state index contributed by atoms with van der Waals surface area (Å²) < 4.78 is 29.0. The molecule has 202 valence electrons. The zero-order valence-corrected chi connectivity index (χ0v) is 21.7. The van der Waals surface area contributed by atoms with E-state index in [1.54, 1.807) is 29.4 Å². The molecule has 0 spiro atoms. The Hall–Kier alpha value is -4.25. The van der Waals surface area contributed by atoms with Crippen molar-refractivity contribution in [2.24, 2.45) is 0 Å². The van der Waals surface area contributed by atoms with Crippen molar-refractivity contribution in [1.82, 2.24) is 24.5 Å². The number of halogens is 2. The number of carbonyl (C=O) groups excluding carboxylic acids is 2. The van der Waals surface area contributed by atoms with Gasteiger partial charge in [-0.1, -0.05) is 6.07 Å². The van der Waals surface area contributed by atoms with E-state index in [0.29, 0.717) is 46.6 Å². The van der Waals surface area contributed by atoms with Gasteiger partial charge in [-0.2, -0.15) is 9.61 Å². The van der Waals surface area contributed by atoms with Gasteiger partial charge in [0.2, 0.25) is 5.91 Å². The van der Waals surface area contributed by atoms with Crippen LogP contribution in [-0.4, -0.2) is 60.0 Å². The van der Waals surface area contributed by atoms with Crippen LogP contribution in [0.3, 0.4) is 0 Å². The van der Waals surface area contributed by atoms with E-state index in [2.05, 4.69) is 10.1 Å². The minimum atomic E-state index is -0.711. The van der Waals surface area contributed by atoms with E-state index in [9.17, 15) is 23.5 Å². The average Bonchev–Trinajstić information content (AvgIpc) is 3.32. The predicted molar refractivity (Wildman–Crippen MR) is 141 cm³/mol. The monoisotopic (exact) mass is 534 g/mol. The molecule has 1 aromatic carbocycles. The zero-order valence-electron chi connectivity index (χ0n) is 21.7. The van der Waals surface area contributed by atoms with Gasteiger partial charge in [0.25, 0.3) is 0 Å². The summed E-state index contributed by atoms with van der Waals surface area (Å²) in [6.45, 7) is 4.69. The molecule has 1 amide bonds. The standard InChI is InChI=1S/C28H28F2N6O3/c1-14-8-18(9-15(2)35(14)24(39)13-37)26-25(16(3)38)27(31)36-28(34-26)21(12-33-36)17-4-7-23(32-11-17)20-6-5-19(29)10-22(20)30/h4-7,10-12,14-15,18,37H,8-9,13,31H2,1-3H3/t14-,15?,18-/m0/s1. The highest BCUT2D eigenvalue weighted by Crippen LogP contribution is 2.38. The highest BCUT2D eigenvalue weighted by atomic mass is 19.1. The molecular formula is C28H28F2N6O3. The van der Waals surface area contributed by atoms with E-state index in [4.69, 9.17) is 10.7 Å². The summed E-state index contributed by atoms with van der Waals surface area (Å²) in [5, 5.41) is 13.8. The number of ketones is 1. The van der Waals surface area contributed by atoms with Gasteiger partial charge in [-0.3, -0.25) is 14.6 Å².